The van der Waals surface area contributed by atoms with E-state index in [1.165, 1.54) is 0 Å². The minimum absolute atomic E-state index is 0.130. The van der Waals surface area contributed by atoms with Gasteiger partial charge in [-0.1, -0.05) is 12.2 Å². The standard InChI is InChI=1S/C3H5F2NS/c4-2(5)1-3(6)7/h2H,1H2,(H2,6,7). The molecule has 0 rings (SSSR count). The average molecular weight is 125 g/mol. The highest BCUT2D eigenvalue weighted by Gasteiger charge is 2.01. The van der Waals surface area contributed by atoms with Gasteiger partial charge in [-0.05, 0) is 0 Å². The molecule has 42 valence electrons. The van der Waals surface area contributed by atoms with Gasteiger partial charge in [-0.25, -0.2) is 8.78 Å². The third-order valence-corrected chi connectivity index (χ3v) is 0.522. The molecule has 2 N–H and O–H groups in total. The van der Waals surface area contributed by atoms with Crippen molar-refractivity contribution in [2.75, 3.05) is 0 Å². The lowest BCUT2D eigenvalue weighted by Gasteiger charge is -1.91. The highest BCUT2D eigenvalue weighted by Crippen LogP contribution is 1.96. The van der Waals surface area contributed by atoms with Crippen LogP contribution < -0.4 is 5.73 Å². The van der Waals surface area contributed by atoms with Gasteiger partial charge in [0, 0.05) is 0 Å². The van der Waals surface area contributed by atoms with Crippen LogP contribution in [0.5, 0.6) is 0 Å². The number of rotatable bonds is 2. The SMILES string of the molecule is NC(=S)CC(F)F. The topological polar surface area (TPSA) is 26.0 Å². The molecular weight excluding hydrogens is 120 g/mol. The summed E-state index contributed by atoms with van der Waals surface area (Å²) in [5.74, 6) is 0. The zero-order valence-electron chi connectivity index (χ0n) is 3.53. The summed E-state index contributed by atoms with van der Waals surface area (Å²) >= 11 is 4.17. The number of hydrogen-bond donors (Lipinski definition) is 1. The van der Waals surface area contributed by atoms with E-state index in [1.807, 2.05) is 0 Å². The Balaban J connectivity index is 3.13. The van der Waals surface area contributed by atoms with Crippen molar-refractivity contribution >= 4 is 17.2 Å². The first-order valence-corrected chi connectivity index (χ1v) is 2.10. The Morgan fingerprint density at radius 2 is 2.14 bits per heavy atom. The maximum Gasteiger partial charge on any atom is 0.244 e. The van der Waals surface area contributed by atoms with E-state index in [1.54, 1.807) is 0 Å². The fourth-order valence-electron chi connectivity index (χ4n) is 0.152. The second-order valence-electron chi connectivity index (χ2n) is 1.06. The number of hydrogen-bond acceptors (Lipinski definition) is 1. The summed E-state index contributed by atoms with van der Waals surface area (Å²) in [6.45, 7) is 0. The Bertz CT molecular complexity index is 73.3. The minimum atomic E-state index is -2.39. The van der Waals surface area contributed by atoms with Crippen LogP contribution in [0.25, 0.3) is 0 Å². The van der Waals surface area contributed by atoms with Crippen molar-refractivity contribution in [1.29, 1.82) is 0 Å². The van der Waals surface area contributed by atoms with Gasteiger partial charge in [-0.3, -0.25) is 0 Å². The first-order chi connectivity index (χ1) is 3.13. The molecule has 0 heterocycles. The van der Waals surface area contributed by atoms with Gasteiger partial charge in [-0.15, -0.1) is 0 Å². The summed E-state index contributed by atoms with van der Waals surface area (Å²) in [6, 6.07) is 0. The summed E-state index contributed by atoms with van der Waals surface area (Å²) in [7, 11) is 0. The van der Waals surface area contributed by atoms with Gasteiger partial charge in [0.1, 0.15) is 0 Å². The minimum Gasteiger partial charge on any atom is -0.393 e. The van der Waals surface area contributed by atoms with Crippen molar-refractivity contribution < 1.29 is 8.78 Å². The highest BCUT2D eigenvalue weighted by atomic mass is 32.1. The first-order valence-electron chi connectivity index (χ1n) is 1.69. The normalized spacial score (nSPS) is 9.57. The van der Waals surface area contributed by atoms with Gasteiger partial charge in [0.2, 0.25) is 6.43 Å². The smallest absolute Gasteiger partial charge is 0.244 e. The van der Waals surface area contributed by atoms with E-state index < -0.39 is 12.8 Å². The Labute approximate surface area is 45.5 Å². The Kier molecular flexibility index (Phi) is 2.75. The summed E-state index contributed by atoms with van der Waals surface area (Å²) in [5, 5.41) is 0. The molecular formula is C3H5F2NS. The zero-order valence-corrected chi connectivity index (χ0v) is 4.34. The average Bonchev–Trinajstić information content (AvgIpc) is 1.27. The molecule has 0 spiro atoms. The second-order valence-corrected chi connectivity index (χ2v) is 1.59. The second kappa shape index (κ2) is 2.85. The lowest BCUT2D eigenvalue weighted by atomic mass is 10.5. The van der Waals surface area contributed by atoms with Crippen LogP contribution in [0.2, 0.25) is 0 Å². The molecule has 7 heavy (non-hydrogen) atoms. The largest absolute Gasteiger partial charge is 0.393 e. The molecule has 0 bridgehead atoms. The molecule has 0 aliphatic rings. The van der Waals surface area contributed by atoms with E-state index in [0.717, 1.165) is 0 Å². The van der Waals surface area contributed by atoms with E-state index in [0.29, 0.717) is 0 Å². The molecule has 0 saturated carbocycles. The lowest BCUT2D eigenvalue weighted by molar-refractivity contribution is 0.158. The summed E-state index contributed by atoms with van der Waals surface area (Å²) in [4.78, 5) is -0.130. The maximum atomic E-state index is 11.1. The molecule has 0 radical (unpaired) electrons. The van der Waals surface area contributed by atoms with Crippen molar-refractivity contribution in [2.24, 2.45) is 5.73 Å². The Hall–Kier alpha value is -0.250. The number of thiocarbonyl (C=S) groups is 1. The van der Waals surface area contributed by atoms with Gasteiger partial charge < -0.3 is 5.73 Å². The predicted octanol–water partition coefficient (Wildman–Crippen LogP) is 0.928. The van der Waals surface area contributed by atoms with Crippen LogP contribution in [0, 0.1) is 0 Å². The molecule has 0 aromatic rings. The molecule has 0 aromatic carbocycles. The van der Waals surface area contributed by atoms with E-state index in [2.05, 4.69) is 12.2 Å². The molecule has 0 aromatic heterocycles. The van der Waals surface area contributed by atoms with Crippen molar-refractivity contribution in [1.82, 2.24) is 0 Å². The predicted molar refractivity (Wildman–Crippen MR) is 27.4 cm³/mol. The molecule has 0 fully saturated rings. The number of nitrogens with two attached hydrogens (primary N) is 1. The van der Waals surface area contributed by atoms with E-state index in [4.69, 9.17) is 5.73 Å². The number of alkyl halides is 2. The molecule has 0 unspecified atom stereocenters. The van der Waals surface area contributed by atoms with Crippen molar-refractivity contribution in [3.63, 3.8) is 0 Å². The fraction of sp³-hybridized carbons (Fsp3) is 0.667. The van der Waals surface area contributed by atoms with Crippen LogP contribution in [0.1, 0.15) is 6.42 Å². The molecule has 0 amide bonds. The fourth-order valence-corrected chi connectivity index (χ4v) is 0.278. The van der Waals surface area contributed by atoms with Gasteiger partial charge >= 0.3 is 0 Å². The Morgan fingerprint density at radius 1 is 1.71 bits per heavy atom. The maximum absolute atomic E-state index is 11.1. The third kappa shape index (κ3) is 5.75. The zero-order chi connectivity index (χ0) is 5.86. The van der Waals surface area contributed by atoms with E-state index >= 15 is 0 Å². The van der Waals surface area contributed by atoms with E-state index in [-0.39, 0.29) is 4.99 Å². The van der Waals surface area contributed by atoms with Gasteiger partial charge in [0.25, 0.3) is 0 Å². The molecule has 0 saturated heterocycles. The third-order valence-electron chi connectivity index (χ3n) is 0.355. The lowest BCUT2D eigenvalue weighted by Crippen LogP contribution is -2.11. The van der Waals surface area contributed by atoms with Gasteiger partial charge in [0.05, 0.1) is 11.4 Å². The van der Waals surface area contributed by atoms with Crippen LogP contribution in [0.3, 0.4) is 0 Å². The van der Waals surface area contributed by atoms with Crippen LogP contribution in [0.15, 0.2) is 0 Å². The van der Waals surface area contributed by atoms with Crippen LogP contribution >= 0.6 is 12.2 Å². The highest BCUT2D eigenvalue weighted by molar-refractivity contribution is 7.80. The van der Waals surface area contributed by atoms with Crippen molar-refractivity contribution in [3.8, 4) is 0 Å². The molecule has 0 aliphatic carbocycles. The number of halogens is 2. The van der Waals surface area contributed by atoms with Crippen LogP contribution in [-0.4, -0.2) is 11.4 Å². The molecule has 1 nitrogen and oxygen atoms in total. The Morgan fingerprint density at radius 3 is 2.14 bits per heavy atom. The molecule has 0 atom stereocenters. The molecule has 4 heteroatoms. The quantitative estimate of drug-likeness (QED) is 0.555. The van der Waals surface area contributed by atoms with Crippen LogP contribution in [-0.2, 0) is 0 Å². The van der Waals surface area contributed by atoms with Crippen molar-refractivity contribution in [2.45, 2.75) is 12.8 Å². The van der Waals surface area contributed by atoms with Gasteiger partial charge in [0.15, 0.2) is 0 Å². The summed E-state index contributed by atoms with van der Waals surface area (Å²) < 4.78 is 22.2. The summed E-state index contributed by atoms with van der Waals surface area (Å²) in [5.41, 5.74) is 4.74. The summed E-state index contributed by atoms with van der Waals surface area (Å²) in [6.07, 6.45) is -2.85. The van der Waals surface area contributed by atoms with Crippen LogP contribution in [0.4, 0.5) is 8.78 Å². The van der Waals surface area contributed by atoms with Gasteiger partial charge in [-0.2, -0.15) is 0 Å². The molecule has 0 aliphatic heterocycles. The van der Waals surface area contributed by atoms with E-state index in [9.17, 15) is 8.78 Å². The first kappa shape index (κ1) is 6.75. The monoisotopic (exact) mass is 125 g/mol. The van der Waals surface area contributed by atoms with Crippen molar-refractivity contribution in [3.05, 3.63) is 0 Å².